The first kappa shape index (κ1) is 22.4. The van der Waals surface area contributed by atoms with Crippen LogP contribution in [0.25, 0.3) is 0 Å². The summed E-state index contributed by atoms with van der Waals surface area (Å²) in [6.45, 7) is 2.89. The molecule has 1 atom stereocenters. The summed E-state index contributed by atoms with van der Waals surface area (Å²) in [5, 5.41) is 3.37. The van der Waals surface area contributed by atoms with E-state index in [9.17, 15) is 9.59 Å². The van der Waals surface area contributed by atoms with Gasteiger partial charge in [0.15, 0.2) is 13.2 Å². The van der Waals surface area contributed by atoms with Gasteiger partial charge in [-0.05, 0) is 55.8 Å². The predicted molar refractivity (Wildman–Crippen MR) is 109 cm³/mol. The van der Waals surface area contributed by atoms with E-state index in [1.807, 2.05) is 6.92 Å². The van der Waals surface area contributed by atoms with Crippen LogP contribution in [-0.2, 0) is 14.3 Å². The molecular weight excluding hydrogens is 398 g/mol. The summed E-state index contributed by atoms with van der Waals surface area (Å²) in [5.74, 6) is 0.648. The van der Waals surface area contributed by atoms with Crippen LogP contribution in [0.15, 0.2) is 36.4 Å². The number of amides is 1. The summed E-state index contributed by atoms with van der Waals surface area (Å²) in [5.41, 5.74) is 1.58. The average Bonchev–Trinajstić information content (AvgIpc) is 2.72. The highest BCUT2D eigenvalue weighted by Crippen LogP contribution is 2.29. The number of nitrogens with one attached hydrogen (secondary N) is 1. The first-order valence-electron chi connectivity index (χ1n) is 8.90. The van der Waals surface area contributed by atoms with Crippen LogP contribution in [0, 0.1) is 6.92 Å². The SMILES string of the molecule is COc1ccc(OC)c([C@H](C)NC(=O)COC(=O)COc2ccc(Cl)c(C)c2)c1. The van der Waals surface area contributed by atoms with Crippen molar-refractivity contribution in [1.29, 1.82) is 0 Å². The van der Waals surface area contributed by atoms with E-state index in [0.717, 1.165) is 11.1 Å². The molecule has 2 aromatic carbocycles. The highest BCUT2D eigenvalue weighted by atomic mass is 35.5. The van der Waals surface area contributed by atoms with E-state index in [4.69, 9.17) is 30.5 Å². The Morgan fingerprint density at radius 2 is 1.76 bits per heavy atom. The van der Waals surface area contributed by atoms with Crippen molar-refractivity contribution in [2.45, 2.75) is 19.9 Å². The topological polar surface area (TPSA) is 83.1 Å². The third-order valence-corrected chi connectivity index (χ3v) is 4.56. The second kappa shape index (κ2) is 10.6. The number of methoxy groups -OCH3 is 2. The molecule has 0 aliphatic carbocycles. The molecule has 0 fully saturated rings. The highest BCUT2D eigenvalue weighted by molar-refractivity contribution is 6.31. The molecule has 0 aliphatic rings. The van der Waals surface area contributed by atoms with Gasteiger partial charge >= 0.3 is 5.97 Å². The Morgan fingerprint density at radius 1 is 1.03 bits per heavy atom. The minimum Gasteiger partial charge on any atom is -0.497 e. The Balaban J connectivity index is 1.83. The molecule has 0 heterocycles. The molecule has 7 nitrogen and oxygen atoms in total. The number of hydrogen-bond acceptors (Lipinski definition) is 6. The lowest BCUT2D eigenvalue weighted by atomic mass is 10.1. The molecule has 0 saturated heterocycles. The lowest BCUT2D eigenvalue weighted by Crippen LogP contribution is -2.32. The molecular formula is C21H24ClNO6. The predicted octanol–water partition coefficient (Wildman–Crippen LogP) is 3.47. The molecule has 1 amide bonds. The van der Waals surface area contributed by atoms with Crippen molar-refractivity contribution in [3.05, 3.63) is 52.5 Å². The fraction of sp³-hybridized carbons (Fsp3) is 0.333. The number of halogens is 1. The number of rotatable bonds is 9. The summed E-state index contributed by atoms with van der Waals surface area (Å²) in [4.78, 5) is 23.9. The molecule has 0 aromatic heterocycles. The maximum absolute atomic E-state index is 12.1. The standard InChI is InChI=1S/C21H24ClNO6/c1-13-9-16(5-7-18(13)22)28-12-21(25)29-11-20(24)23-14(2)17-10-15(26-3)6-8-19(17)27-4/h5-10,14H,11-12H2,1-4H3,(H,23,24)/t14-/m0/s1. The lowest BCUT2D eigenvalue weighted by molar-refractivity contribution is -0.150. The number of carbonyl (C=O) groups is 2. The smallest absolute Gasteiger partial charge is 0.344 e. The second-order valence-corrected chi connectivity index (χ2v) is 6.66. The number of hydrogen-bond donors (Lipinski definition) is 1. The van der Waals surface area contributed by atoms with E-state index in [-0.39, 0.29) is 12.6 Å². The van der Waals surface area contributed by atoms with Crippen LogP contribution in [0.3, 0.4) is 0 Å². The van der Waals surface area contributed by atoms with Crippen LogP contribution in [0.4, 0.5) is 0 Å². The van der Waals surface area contributed by atoms with Gasteiger partial charge in [-0.15, -0.1) is 0 Å². The van der Waals surface area contributed by atoms with Crippen molar-refractivity contribution in [1.82, 2.24) is 5.32 Å². The number of ether oxygens (including phenoxy) is 4. The van der Waals surface area contributed by atoms with Gasteiger partial charge in [0.1, 0.15) is 17.2 Å². The molecule has 0 unspecified atom stereocenters. The van der Waals surface area contributed by atoms with Crippen LogP contribution in [0.2, 0.25) is 5.02 Å². The van der Waals surface area contributed by atoms with Crippen molar-refractivity contribution < 1.29 is 28.5 Å². The van der Waals surface area contributed by atoms with Gasteiger partial charge in [0, 0.05) is 10.6 Å². The molecule has 1 N–H and O–H groups in total. The van der Waals surface area contributed by atoms with E-state index in [1.54, 1.807) is 57.5 Å². The van der Waals surface area contributed by atoms with Gasteiger partial charge in [-0.1, -0.05) is 11.6 Å². The van der Waals surface area contributed by atoms with Gasteiger partial charge in [0.2, 0.25) is 0 Å². The van der Waals surface area contributed by atoms with Gasteiger partial charge in [0.25, 0.3) is 5.91 Å². The zero-order valence-corrected chi connectivity index (χ0v) is 17.5. The van der Waals surface area contributed by atoms with E-state index in [0.29, 0.717) is 22.3 Å². The molecule has 0 bridgehead atoms. The Hall–Kier alpha value is -2.93. The number of benzene rings is 2. The quantitative estimate of drug-likeness (QED) is 0.624. The summed E-state index contributed by atoms with van der Waals surface area (Å²) in [7, 11) is 3.10. The molecule has 2 rings (SSSR count). The Morgan fingerprint density at radius 3 is 2.41 bits per heavy atom. The van der Waals surface area contributed by atoms with Crippen LogP contribution in [0.5, 0.6) is 17.2 Å². The van der Waals surface area contributed by atoms with Crippen molar-refractivity contribution in [3.63, 3.8) is 0 Å². The Kier molecular flexibility index (Phi) is 8.15. The first-order valence-corrected chi connectivity index (χ1v) is 9.27. The summed E-state index contributed by atoms with van der Waals surface area (Å²) >= 11 is 5.94. The van der Waals surface area contributed by atoms with Gasteiger partial charge in [0.05, 0.1) is 20.3 Å². The van der Waals surface area contributed by atoms with Gasteiger partial charge < -0.3 is 24.3 Å². The van der Waals surface area contributed by atoms with E-state index in [2.05, 4.69) is 5.32 Å². The number of aryl methyl sites for hydroxylation is 1. The van der Waals surface area contributed by atoms with E-state index >= 15 is 0 Å². The van der Waals surface area contributed by atoms with Gasteiger partial charge in [-0.25, -0.2) is 4.79 Å². The lowest BCUT2D eigenvalue weighted by Gasteiger charge is -2.18. The average molecular weight is 422 g/mol. The zero-order chi connectivity index (χ0) is 21.4. The third-order valence-electron chi connectivity index (χ3n) is 4.13. The molecule has 2 aromatic rings. The monoisotopic (exact) mass is 421 g/mol. The molecule has 0 radical (unpaired) electrons. The summed E-state index contributed by atoms with van der Waals surface area (Å²) in [6, 6.07) is 9.97. The van der Waals surface area contributed by atoms with Crippen LogP contribution < -0.4 is 19.5 Å². The van der Waals surface area contributed by atoms with Gasteiger partial charge in [-0.3, -0.25) is 4.79 Å². The Bertz CT molecular complexity index is 870. The molecule has 0 saturated carbocycles. The van der Waals surface area contributed by atoms with Crippen molar-refractivity contribution in [2.75, 3.05) is 27.4 Å². The van der Waals surface area contributed by atoms with Crippen molar-refractivity contribution in [3.8, 4) is 17.2 Å². The van der Waals surface area contributed by atoms with E-state index in [1.165, 1.54) is 0 Å². The Labute approximate surface area is 174 Å². The maximum atomic E-state index is 12.1. The van der Waals surface area contributed by atoms with Crippen LogP contribution in [-0.4, -0.2) is 39.3 Å². The molecule has 8 heteroatoms. The third kappa shape index (κ3) is 6.57. The van der Waals surface area contributed by atoms with Gasteiger partial charge in [-0.2, -0.15) is 0 Å². The minimum atomic E-state index is -0.653. The fourth-order valence-corrected chi connectivity index (χ4v) is 2.69. The normalized spacial score (nSPS) is 11.3. The van der Waals surface area contributed by atoms with Crippen LogP contribution in [0.1, 0.15) is 24.1 Å². The fourth-order valence-electron chi connectivity index (χ4n) is 2.58. The molecule has 29 heavy (non-hydrogen) atoms. The van der Waals surface area contributed by atoms with E-state index < -0.39 is 18.5 Å². The zero-order valence-electron chi connectivity index (χ0n) is 16.8. The molecule has 156 valence electrons. The van der Waals surface area contributed by atoms with Crippen molar-refractivity contribution in [2.24, 2.45) is 0 Å². The highest BCUT2D eigenvalue weighted by Gasteiger charge is 2.16. The summed E-state index contributed by atoms with van der Waals surface area (Å²) in [6.07, 6.45) is 0. The second-order valence-electron chi connectivity index (χ2n) is 6.26. The number of carbonyl (C=O) groups excluding carboxylic acids is 2. The number of esters is 1. The first-order chi connectivity index (χ1) is 13.8. The molecule has 0 aliphatic heterocycles. The minimum absolute atomic E-state index is 0.312. The van der Waals surface area contributed by atoms with Crippen molar-refractivity contribution >= 4 is 23.5 Å². The summed E-state index contributed by atoms with van der Waals surface area (Å²) < 4.78 is 20.8. The maximum Gasteiger partial charge on any atom is 0.344 e. The largest absolute Gasteiger partial charge is 0.497 e. The molecule has 0 spiro atoms. The van der Waals surface area contributed by atoms with Crippen LogP contribution >= 0.6 is 11.6 Å².